The molecule has 3 rings (SSSR count). The fourth-order valence-corrected chi connectivity index (χ4v) is 2.47. The first-order valence-electron chi connectivity index (χ1n) is 6.48. The van der Waals surface area contributed by atoms with Crippen LogP contribution in [0.3, 0.4) is 0 Å². The van der Waals surface area contributed by atoms with Crippen LogP contribution in [0.15, 0.2) is 24.3 Å². The van der Waals surface area contributed by atoms with Crippen LogP contribution < -0.4 is 4.74 Å². The second kappa shape index (κ2) is 5.66. The van der Waals surface area contributed by atoms with Crippen LogP contribution >= 0.6 is 0 Å². The largest absolute Gasteiger partial charge is 0.514 e. The quantitative estimate of drug-likeness (QED) is 0.364. The Morgan fingerprint density at radius 3 is 2.38 bits per heavy atom. The minimum Gasteiger partial charge on any atom is -0.430 e. The number of hydrogen-bond acceptors (Lipinski definition) is 7. The van der Waals surface area contributed by atoms with Gasteiger partial charge in [-0.15, -0.1) is 0 Å². The summed E-state index contributed by atoms with van der Waals surface area (Å²) in [5.74, 6) is 0.191. The number of rotatable bonds is 3. The van der Waals surface area contributed by atoms with E-state index in [0.29, 0.717) is 12.8 Å². The first-order chi connectivity index (χ1) is 10.1. The summed E-state index contributed by atoms with van der Waals surface area (Å²) in [5.41, 5.74) is -0.0753. The van der Waals surface area contributed by atoms with Crippen LogP contribution in [-0.2, 0) is 14.2 Å². The zero-order valence-corrected chi connectivity index (χ0v) is 11.0. The Labute approximate surface area is 119 Å². The topological polar surface area (TPSA) is 97.1 Å². The molecule has 1 heterocycles. The number of carbonyl (C=O) groups is 1. The lowest BCUT2D eigenvalue weighted by atomic mass is 10.3. The van der Waals surface area contributed by atoms with Gasteiger partial charge in [0, 0.05) is 25.0 Å². The van der Waals surface area contributed by atoms with Crippen LogP contribution in [-0.4, -0.2) is 36.2 Å². The summed E-state index contributed by atoms with van der Waals surface area (Å²) < 4.78 is 20.8. The van der Waals surface area contributed by atoms with E-state index in [1.54, 1.807) is 0 Å². The van der Waals surface area contributed by atoms with E-state index in [9.17, 15) is 14.9 Å². The van der Waals surface area contributed by atoms with Crippen molar-refractivity contribution in [3.8, 4) is 5.75 Å². The van der Waals surface area contributed by atoms with Gasteiger partial charge in [-0.05, 0) is 12.1 Å². The van der Waals surface area contributed by atoms with Crippen molar-refractivity contribution in [2.24, 2.45) is 0 Å². The van der Waals surface area contributed by atoms with Gasteiger partial charge in [-0.3, -0.25) is 10.1 Å². The van der Waals surface area contributed by atoms with Gasteiger partial charge in [0.1, 0.15) is 18.6 Å². The Balaban J connectivity index is 1.51. The number of benzene rings is 1. The van der Waals surface area contributed by atoms with Gasteiger partial charge in [0.25, 0.3) is 5.69 Å². The zero-order valence-electron chi connectivity index (χ0n) is 11.0. The van der Waals surface area contributed by atoms with Gasteiger partial charge in [-0.2, -0.15) is 0 Å². The van der Waals surface area contributed by atoms with E-state index in [1.807, 2.05) is 0 Å². The van der Waals surface area contributed by atoms with E-state index in [-0.39, 0.29) is 36.5 Å². The Bertz CT molecular complexity index is 532. The number of carbonyl (C=O) groups excluding carboxylic acids is 1. The first-order valence-corrected chi connectivity index (χ1v) is 6.48. The maximum atomic E-state index is 11.6. The second-order valence-corrected chi connectivity index (χ2v) is 4.84. The lowest BCUT2D eigenvalue weighted by Crippen LogP contribution is -2.20. The van der Waals surface area contributed by atoms with Gasteiger partial charge < -0.3 is 18.9 Å². The van der Waals surface area contributed by atoms with Crippen molar-refractivity contribution in [3.63, 3.8) is 0 Å². The number of hydrogen-bond donors (Lipinski definition) is 0. The van der Waals surface area contributed by atoms with Gasteiger partial charge in [0.15, 0.2) is 0 Å². The van der Waals surface area contributed by atoms with E-state index in [4.69, 9.17) is 18.9 Å². The molecular weight excluding hydrogens is 282 g/mol. The summed E-state index contributed by atoms with van der Waals surface area (Å²) in [6.45, 7) is 0.287. The van der Waals surface area contributed by atoms with Crippen LogP contribution in [0.4, 0.5) is 10.5 Å². The predicted molar refractivity (Wildman–Crippen MR) is 67.8 cm³/mol. The monoisotopic (exact) mass is 295 g/mol. The maximum Gasteiger partial charge on any atom is 0.514 e. The van der Waals surface area contributed by atoms with Crippen LogP contribution in [0.1, 0.15) is 12.8 Å². The highest BCUT2D eigenvalue weighted by Gasteiger charge is 2.41. The average molecular weight is 295 g/mol. The molecule has 0 amide bonds. The molecule has 8 nitrogen and oxygen atoms in total. The summed E-state index contributed by atoms with van der Waals surface area (Å²) in [6.07, 6.45) is -0.0240. The third-order valence-electron chi connectivity index (χ3n) is 3.48. The Hall–Kier alpha value is -2.19. The van der Waals surface area contributed by atoms with Crippen molar-refractivity contribution in [3.05, 3.63) is 34.4 Å². The van der Waals surface area contributed by atoms with Crippen LogP contribution in [0.5, 0.6) is 5.75 Å². The zero-order chi connectivity index (χ0) is 14.8. The van der Waals surface area contributed by atoms with Crippen LogP contribution in [0.25, 0.3) is 0 Å². The molecule has 2 aliphatic rings. The SMILES string of the molecule is O=C(Oc1ccc([N+](=O)[O-])cc1)OC1C[C@@H]2OCO[C@@H]2C1. The average Bonchev–Trinajstić information content (AvgIpc) is 3.00. The standard InChI is InChI=1S/C13H13NO7/c15-13(20-9-3-1-8(2-4-9)14(16)17)21-10-5-11-12(6-10)19-7-18-11/h1-4,10-12H,5-7H2/t10?,11-,12+. The molecule has 1 unspecified atom stereocenters. The van der Waals surface area contributed by atoms with Crippen molar-refractivity contribution in [1.82, 2.24) is 0 Å². The molecule has 1 aromatic rings. The summed E-state index contributed by atoms with van der Waals surface area (Å²) >= 11 is 0. The molecule has 21 heavy (non-hydrogen) atoms. The predicted octanol–water partition coefficient (Wildman–Crippen LogP) is 2.01. The number of nitrogens with zero attached hydrogens (tertiary/aromatic N) is 1. The summed E-state index contributed by atoms with van der Waals surface area (Å²) in [7, 11) is 0. The minimum absolute atomic E-state index is 0.0258. The van der Waals surface area contributed by atoms with Gasteiger partial charge in [0.05, 0.1) is 17.1 Å². The third kappa shape index (κ3) is 3.11. The molecule has 1 aromatic carbocycles. The summed E-state index contributed by atoms with van der Waals surface area (Å²) in [6, 6.07) is 5.19. The van der Waals surface area contributed by atoms with Crippen LogP contribution in [0.2, 0.25) is 0 Å². The number of fused-ring (bicyclic) bond motifs is 1. The maximum absolute atomic E-state index is 11.6. The summed E-state index contributed by atoms with van der Waals surface area (Å²) in [4.78, 5) is 21.6. The van der Waals surface area contributed by atoms with Gasteiger partial charge in [-0.1, -0.05) is 0 Å². The molecule has 1 saturated heterocycles. The van der Waals surface area contributed by atoms with Gasteiger partial charge in [-0.25, -0.2) is 4.79 Å². The van der Waals surface area contributed by atoms with E-state index in [1.165, 1.54) is 24.3 Å². The van der Waals surface area contributed by atoms with E-state index < -0.39 is 11.1 Å². The Morgan fingerprint density at radius 1 is 1.19 bits per heavy atom. The molecule has 0 N–H and O–H groups in total. The molecule has 0 bridgehead atoms. The van der Waals surface area contributed by atoms with Crippen molar-refractivity contribution >= 4 is 11.8 Å². The smallest absolute Gasteiger partial charge is 0.430 e. The van der Waals surface area contributed by atoms with Crippen molar-refractivity contribution in [2.45, 2.75) is 31.2 Å². The fourth-order valence-electron chi connectivity index (χ4n) is 2.47. The highest BCUT2D eigenvalue weighted by molar-refractivity contribution is 5.64. The Kier molecular flexibility index (Phi) is 3.72. The summed E-state index contributed by atoms with van der Waals surface area (Å²) in [5, 5.41) is 10.5. The number of ether oxygens (including phenoxy) is 4. The number of nitro groups is 1. The molecule has 112 valence electrons. The molecule has 1 aliphatic carbocycles. The lowest BCUT2D eigenvalue weighted by Gasteiger charge is -2.12. The van der Waals surface area contributed by atoms with Crippen molar-refractivity contribution in [1.29, 1.82) is 0 Å². The number of nitro benzene ring substituents is 1. The molecule has 8 heteroatoms. The molecule has 0 radical (unpaired) electrons. The fraction of sp³-hybridized carbons (Fsp3) is 0.462. The molecule has 3 atom stereocenters. The molecule has 0 aromatic heterocycles. The second-order valence-electron chi connectivity index (χ2n) is 4.84. The van der Waals surface area contributed by atoms with E-state index >= 15 is 0 Å². The lowest BCUT2D eigenvalue weighted by molar-refractivity contribution is -0.384. The molecule has 1 saturated carbocycles. The first kappa shape index (κ1) is 13.8. The van der Waals surface area contributed by atoms with Gasteiger partial charge >= 0.3 is 6.16 Å². The third-order valence-corrected chi connectivity index (χ3v) is 3.48. The van der Waals surface area contributed by atoms with Crippen molar-refractivity contribution in [2.75, 3.05) is 6.79 Å². The minimum atomic E-state index is -0.839. The number of non-ortho nitro benzene ring substituents is 1. The van der Waals surface area contributed by atoms with E-state index in [0.717, 1.165) is 0 Å². The Morgan fingerprint density at radius 2 is 1.81 bits per heavy atom. The van der Waals surface area contributed by atoms with Crippen LogP contribution in [0, 0.1) is 10.1 Å². The van der Waals surface area contributed by atoms with Crippen molar-refractivity contribution < 1.29 is 28.7 Å². The molecule has 1 aliphatic heterocycles. The molecular formula is C13H13NO7. The highest BCUT2D eigenvalue weighted by atomic mass is 16.7. The highest BCUT2D eigenvalue weighted by Crippen LogP contribution is 2.32. The van der Waals surface area contributed by atoms with E-state index in [2.05, 4.69) is 0 Å². The normalized spacial score (nSPS) is 27.1. The van der Waals surface area contributed by atoms with Gasteiger partial charge in [0.2, 0.25) is 0 Å². The molecule has 2 fully saturated rings. The molecule has 0 spiro atoms.